The molecule has 0 radical (unpaired) electrons. The maximum absolute atomic E-state index is 12.5. The first-order valence-electron chi connectivity index (χ1n) is 7.47. The first-order chi connectivity index (χ1) is 11.7. The molecule has 1 aliphatic rings. The van der Waals surface area contributed by atoms with Crippen LogP contribution in [0.25, 0.3) is 0 Å². The fourth-order valence-electron chi connectivity index (χ4n) is 2.36. The molecule has 7 nitrogen and oxygen atoms in total. The number of anilines is 2. The monoisotopic (exact) mass is 348 g/mol. The third-order valence-corrected chi connectivity index (χ3v) is 3.90. The number of nitrogens with one attached hydrogen (secondary N) is 1. The van der Waals surface area contributed by atoms with Gasteiger partial charge in [0.25, 0.3) is 5.91 Å². The highest BCUT2D eigenvalue weighted by molar-refractivity contribution is 6.32. The van der Waals surface area contributed by atoms with Crippen molar-refractivity contribution in [3.63, 3.8) is 0 Å². The lowest BCUT2D eigenvalue weighted by atomic mass is 10.3. The molecule has 2 aromatic rings. The van der Waals surface area contributed by atoms with Gasteiger partial charge < -0.3 is 19.7 Å². The minimum Gasteiger partial charge on any atom is -0.495 e. The number of nitrogens with zero attached hydrogens (tertiary/aromatic N) is 3. The largest absolute Gasteiger partial charge is 0.495 e. The molecule has 0 saturated carbocycles. The summed E-state index contributed by atoms with van der Waals surface area (Å²) < 4.78 is 10.4. The zero-order valence-corrected chi connectivity index (χ0v) is 13.9. The highest BCUT2D eigenvalue weighted by Gasteiger charge is 2.20. The summed E-state index contributed by atoms with van der Waals surface area (Å²) in [7, 11) is 1.56. The average molecular weight is 349 g/mol. The third kappa shape index (κ3) is 3.74. The van der Waals surface area contributed by atoms with E-state index >= 15 is 0 Å². The number of hydrogen-bond donors (Lipinski definition) is 1. The molecule has 1 aromatic heterocycles. The van der Waals surface area contributed by atoms with Crippen LogP contribution in [0.5, 0.6) is 5.75 Å². The second kappa shape index (κ2) is 7.46. The fourth-order valence-corrected chi connectivity index (χ4v) is 2.62. The topological polar surface area (TPSA) is 76.6 Å². The molecule has 0 spiro atoms. The maximum atomic E-state index is 12.5. The Hall–Kier alpha value is -2.38. The van der Waals surface area contributed by atoms with E-state index in [9.17, 15) is 4.79 Å². The summed E-state index contributed by atoms with van der Waals surface area (Å²) in [6.07, 6.45) is 1.36. The van der Waals surface area contributed by atoms with Crippen LogP contribution in [0.3, 0.4) is 0 Å². The molecule has 24 heavy (non-hydrogen) atoms. The lowest BCUT2D eigenvalue weighted by Gasteiger charge is -2.26. The number of morpholine rings is 1. The average Bonchev–Trinajstić information content (AvgIpc) is 2.62. The molecular formula is C16H17ClN4O3. The minimum atomic E-state index is -0.128. The quantitative estimate of drug-likeness (QED) is 0.914. The highest BCUT2D eigenvalue weighted by Crippen LogP contribution is 2.28. The van der Waals surface area contributed by atoms with Gasteiger partial charge in [0.15, 0.2) is 0 Å². The summed E-state index contributed by atoms with van der Waals surface area (Å²) in [5, 5.41) is 3.59. The second-order valence-electron chi connectivity index (χ2n) is 5.17. The van der Waals surface area contributed by atoms with E-state index in [1.165, 1.54) is 6.33 Å². The van der Waals surface area contributed by atoms with Crippen LogP contribution < -0.4 is 10.1 Å². The smallest absolute Gasteiger partial charge is 0.272 e. The summed E-state index contributed by atoms with van der Waals surface area (Å²) in [6, 6.07) is 6.92. The van der Waals surface area contributed by atoms with E-state index in [4.69, 9.17) is 21.1 Å². The van der Waals surface area contributed by atoms with Crippen LogP contribution in [0.4, 0.5) is 11.5 Å². The Labute approximate surface area is 144 Å². The minimum absolute atomic E-state index is 0.128. The number of carbonyl (C=O) groups is 1. The van der Waals surface area contributed by atoms with Crippen LogP contribution in [-0.4, -0.2) is 54.2 Å². The maximum Gasteiger partial charge on any atom is 0.272 e. The predicted molar refractivity (Wildman–Crippen MR) is 90.0 cm³/mol. The molecule has 1 fully saturated rings. The number of carbonyl (C=O) groups excluding carboxylic acids is 1. The molecule has 1 N–H and O–H groups in total. The molecule has 0 unspecified atom stereocenters. The lowest BCUT2D eigenvalue weighted by Crippen LogP contribution is -2.41. The van der Waals surface area contributed by atoms with Crippen molar-refractivity contribution in [2.75, 3.05) is 38.7 Å². The van der Waals surface area contributed by atoms with Crippen molar-refractivity contribution in [3.05, 3.63) is 41.3 Å². The Morgan fingerprint density at radius 3 is 2.79 bits per heavy atom. The Morgan fingerprint density at radius 1 is 1.29 bits per heavy atom. The van der Waals surface area contributed by atoms with Crippen molar-refractivity contribution < 1.29 is 14.3 Å². The van der Waals surface area contributed by atoms with E-state index in [0.29, 0.717) is 48.6 Å². The number of halogens is 1. The number of hydrogen-bond acceptors (Lipinski definition) is 6. The first-order valence-corrected chi connectivity index (χ1v) is 7.85. The van der Waals surface area contributed by atoms with Crippen LogP contribution in [0.2, 0.25) is 5.02 Å². The number of rotatable bonds is 4. The Bertz CT molecular complexity index is 735. The van der Waals surface area contributed by atoms with Crippen LogP contribution in [0.15, 0.2) is 30.6 Å². The summed E-state index contributed by atoms with van der Waals surface area (Å²) >= 11 is 6.11. The number of benzene rings is 1. The van der Waals surface area contributed by atoms with Gasteiger partial charge in [0, 0.05) is 24.8 Å². The summed E-state index contributed by atoms with van der Waals surface area (Å²) in [5.41, 5.74) is 1.08. The molecule has 3 rings (SSSR count). The number of amides is 1. The molecule has 2 heterocycles. The van der Waals surface area contributed by atoms with Gasteiger partial charge in [-0.3, -0.25) is 4.79 Å². The third-order valence-electron chi connectivity index (χ3n) is 3.61. The van der Waals surface area contributed by atoms with Crippen molar-refractivity contribution in [1.29, 1.82) is 0 Å². The van der Waals surface area contributed by atoms with Gasteiger partial charge in [0.1, 0.15) is 23.6 Å². The molecule has 1 aromatic carbocycles. The molecule has 8 heteroatoms. The van der Waals surface area contributed by atoms with Crippen LogP contribution >= 0.6 is 11.6 Å². The van der Waals surface area contributed by atoms with Gasteiger partial charge >= 0.3 is 0 Å². The van der Waals surface area contributed by atoms with E-state index in [1.807, 2.05) is 6.07 Å². The van der Waals surface area contributed by atoms with E-state index in [2.05, 4.69) is 15.3 Å². The standard InChI is InChI=1S/C16H17ClN4O3/c1-23-14-3-2-11(8-12(14)17)20-15-9-13(18-10-19-15)16(22)21-4-6-24-7-5-21/h2-3,8-10H,4-7H2,1H3,(H,18,19,20). The van der Waals surface area contributed by atoms with Gasteiger partial charge in [0.2, 0.25) is 0 Å². The molecule has 1 aliphatic heterocycles. The Balaban J connectivity index is 1.75. The predicted octanol–water partition coefficient (Wildman–Crippen LogP) is 2.35. The van der Waals surface area contributed by atoms with Crippen LogP contribution in [0.1, 0.15) is 10.5 Å². The van der Waals surface area contributed by atoms with Crippen molar-refractivity contribution in [2.45, 2.75) is 0 Å². The van der Waals surface area contributed by atoms with Gasteiger partial charge in [-0.2, -0.15) is 0 Å². The number of aromatic nitrogens is 2. The van der Waals surface area contributed by atoms with Gasteiger partial charge in [-0.1, -0.05) is 11.6 Å². The van der Waals surface area contributed by atoms with Gasteiger partial charge in [0.05, 0.1) is 25.3 Å². The molecule has 0 aliphatic carbocycles. The molecule has 1 amide bonds. The summed E-state index contributed by atoms with van der Waals surface area (Å²) in [6.45, 7) is 2.23. The summed E-state index contributed by atoms with van der Waals surface area (Å²) in [5.74, 6) is 0.979. The number of ether oxygens (including phenoxy) is 2. The highest BCUT2D eigenvalue weighted by atomic mass is 35.5. The number of methoxy groups -OCH3 is 1. The van der Waals surface area contributed by atoms with E-state index in [-0.39, 0.29) is 5.91 Å². The van der Waals surface area contributed by atoms with Crippen molar-refractivity contribution in [1.82, 2.24) is 14.9 Å². The fraction of sp³-hybridized carbons (Fsp3) is 0.312. The van der Waals surface area contributed by atoms with Gasteiger partial charge in [-0.15, -0.1) is 0 Å². The zero-order chi connectivity index (χ0) is 16.9. The Kier molecular flexibility index (Phi) is 5.12. The van der Waals surface area contributed by atoms with Crippen LogP contribution in [-0.2, 0) is 4.74 Å². The normalized spacial score (nSPS) is 14.3. The lowest BCUT2D eigenvalue weighted by molar-refractivity contribution is 0.0299. The Morgan fingerprint density at radius 2 is 2.08 bits per heavy atom. The molecule has 126 valence electrons. The molecule has 1 saturated heterocycles. The first kappa shape index (κ1) is 16.5. The SMILES string of the molecule is COc1ccc(Nc2cc(C(=O)N3CCOCC3)ncn2)cc1Cl. The van der Waals surface area contributed by atoms with E-state index in [0.717, 1.165) is 5.69 Å². The van der Waals surface area contributed by atoms with Crippen molar-refractivity contribution in [3.8, 4) is 5.75 Å². The van der Waals surface area contributed by atoms with Crippen molar-refractivity contribution in [2.24, 2.45) is 0 Å². The van der Waals surface area contributed by atoms with Gasteiger partial charge in [-0.05, 0) is 18.2 Å². The second-order valence-corrected chi connectivity index (χ2v) is 5.57. The molecular weight excluding hydrogens is 332 g/mol. The molecule has 0 bridgehead atoms. The van der Waals surface area contributed by atoms with E-state index < -0.39 is 0 Å². The van der Waals surface area contributed by atoms with Gasteiger partial charge in [-0.25, -0.2) is 9.97 Å². The zero-order valence-electron chi connectivity index (χ0n) is 13.2. The van der Waals surface area contributed by atoms with Crippen LogP contribution in [0, 0.1) is 0 Å². The van der Waals surface area contributed by atoms with Crippen molar-refractivity contribution >= 4 is 29.0 Å². The van der Waals surface area contributed by atoms with E-state index in [1.54, 1.807) is 30.2 Å². The molecule has 0 atom stereocenters. The summed E-state index contributed by atoms with van der Waals surface area (Å²) in [4.78, 5) is 22.4.